The van der Waals surface area contributed by atoms with Crippen LogP contribution in [0, 0.1) is 6.92 Å². The van der Waals surface area contributed by atoms with Crippen LogP contribution in [0.5, 0.6) is 5.75 Å². The highest BCUT2D eigenvalue weighted by molar-refractivity contribution is 6.09. The van der Waals surface area contributed by atoms with Gasteiger partial charge in [0.05, 0.1) is 19.3 Å². The summed E-state index contributed by atoms with van der Waals surface area (Å²) in [7, 11) is 1.49. The van der Waals surface area contributed by atoms with Crippen molar-refractivity contribution in [1.29, 1.82) is 0 Å². The molecule has 1 aliphatic rings. The Balaban J connectivity index is 1.61. The number of carbonyl (C=O) groups is 4. The Morgan fingerprint density at radius 1 is 1.06 bits per heavy atom. The van der Waals surface area contributed by atoms with Crippen molar-refractivity contribution in [1.82, 2.24) is 15.5 Å². The van der Waals surface area contributed by atoms with Gasteiger partial charge < -0.3 is 20.7 Å². The van der Waals surface area contributed by atoms with Gasteiger partial charge in [-0.05, 0) is 48.1 Å². The maximum Gasteiger partial charge on any atom is 0.325 e. The van der Waals surface area contributed by atoms with Gasteiger partial charge in [0, 0.05) is 0 Å². The van der Waals surface area contributed by atoms with Gasteiger partial charge in [0.1, 0.15) is 17.8 Å². The molecular formula is C26H32N4O5. The molecule has 1 aliphatic heterocycles. The van der Waals surface area contributed by atoms with Gasteiger partial charge in [-0.25, -0.2) is 4.79 Å². The molecule has 0 aromatic heterocycles. The van der Waals surface area contributed by atoms with Gasteiger partial charge in [-0.1, -0.05) is 51.1 Å². The second-order valence-corrected chi connectivity index (χ2v) is 9.80. The van der Waals surface area contributed by atoms with E-state index in [0.29, 0.717) is 17.0 Å². The van der Waals surface area contributed by atoms with Crippen LogP contribution in [0.2, 0.25) is 0 Å². The van der Waals surface area contributed by atoms with E-state index in [-0.39, 0.29) is 12.0 Å². The normalized spacial score (nSPS) is 17.7. The average molecular weight is 481 g/mol. The number of hydrogen-bond donors (Lipinski definition) is 3. The zero-order valence-corrected chi connectivity index (χ0v) is 20.9. The fourth-order valence-electron chi connectivity index (χ4n) is 3.83. The van der Waals surface area contributed by atoms with Crippen molar-refractivity contribution in [2.75, 3.05) is 25.5 Å². The monoisotopic (exact) mass is 480 g/mol. The van der Waals surface area contributed by atoms with Gasteiger partial charge in [-0.3, -0.25) is 19.3 Å². The van der Waals surface area contributed by atoms with E-state index in [2.05, 4.69) is 36.7 Å². The molecular weight excluding hydrogens is 448 g/mol. The molecule has 9 nitrogen and oxygen atoms in total. The number of carbonyl (C=O) groups excluding carboxylic acids is 4. The largest absolute Gasteiger partial charge is 0.495 e. The number of urea groups is 1. The Morgan fingerprint density at radius 2 is 1.71 bits per heavy atom. The first-order valence-electron chi connectivity index (χ1n) is 11.3. The molecule has 0 aliphatic carbocycles. The van der Waals surface area contributed by atoms with E-state index >= 15 is 0 Å². The topological polar surface area (TPSA) is 117 Å². The molecule has 2 aromatic carbocycles. The number of methoxy groups -OCH3 is 1. The molecule has 2 aromatic rings. The van der Waals surface area contributed by atoms with Crippen LogP contribution >= 0.6 is 0 Å². The van der Waals surface area contributed by atoms with Crippen molar-refractivity contribution in [2.45, 2.75) is 45.6 Å². The van der Waals surface area contributed by atoms with Gasteiger partial charge in [-0.2, -0.15) is 0 Å². The maximum absolute atomic E-state index is 13.1. The van der Waals surface area contributed by atoms with Crippen LogP contribution in [0.3, 0.4) is 0 Å². The first kappa shape index (κ1) is 25.7. The molecule has 1 fully saturated rings. The molecule has 0 radical (unpaired) electrons. The van der Waals surface area contributed by atoms with Gasteiger partial charge in [0.15, 0.2) is 0 Å². The highest BCUT2D eigenvalue weighted by atomic mass is 16.5. The van der Waals surface area contributed by atoms with E-state index in [1.807, 2.05) is 37.3 Å². The average Bonchev–Trinajstić information content (AvgIpc) is 3.01. The predicted molar refractivity (Wildman–Crippen MR) is 132 cm³/mol. The number of anilines is 1. The lowest BCUT2D eigenvalue weighted by Crippen LogP contribution is -2.44. The van der Waals surface area contributed by atoms with Crippen molar-refractivity contribution < 1.29 is 23.9 Å². The third-order valence-electron chi connectivity index (χ3n) is 5.98. The standard InChI is InChI=1S/C26H32N4O5/c1-16-7-12-20(35-6)19(13-16)28-21(31)14-27-22(32)15-30-23(33)26(5,29-24(30)34)18-10-8-17(9-11-18)25(2,3)4/h7-13H,14-15H2,1-6H3,(H,27,32)(H,28,31)(H,29,34). The van der Waals surface area contributed by atoms with Crippen LogP contribution in [-0.4, -0.2) is 48.9 Å². The Morgan fingerprint density at radius 3 is 2.31 bits per heavy atom. The van der Waals surface area contributed by atoms with Gasteiger partial charge >= 0.3 is 6.03 Å². The summed E-state index contributed by atoms with van der Waals surface area (Å²) in [5.41, 5.74) is 1.79. The Bertz CT molecular complexity index is 1150. The summed E-state index contributed by atoms with van der Waals surface area (Å²) in [4.78, 5) is 51.2. The Kier molecular flexibility index (Phi) is 7.19. The molecule has 1 saturated heterocycles. The van der Waals surface area contributed by atoms with Crippen molar-refractivity contribution in [3.8, 4) is 5.75 Å². The molecule has 3 rings (SSSR count). The molecule has 0 spiro atoms. The lowest BCUT2D eigenvalue weighted by atomic mass is 9.84. The molecule has 5 amide bonds. The molecule has 9 heteroatoms. The number of ether oxygens (including phenoxy) is 1. The summed E-state index contributed by atoms with van der Waals surface area (Å²) in [5.74, 6) is -1.14. The third-order valence-corrected chi connectivity index (χ3v) is 5.98. The van der Waals surface area contributed by atoms with Crippen LogP contribution in [0.25, 0.3) is 0 Å². The smallest absolute Gasteiger partial charge is 0.325 e. The van der Waals surface area contributed by atoms with E-state index in [9.17, 15) is 19.2 Å². The zero-order chi connectivity index (χ0) is 26.0. The number of aryl methyl sites for hydroxylation is 1. The minimum atomic E-state index is -1.28. The Hall–Kier alpha value is -3.88. The molecule has 0 saturated carbocycles. The summed E-state index contributed by atoms with van der Waals surface area (Å²) < 4.78 is 5.23. The van der Waals surface area contributed by atoms with Crippen molar-refractivity contribution in [3.05, 3.63) is 59.2 Å². The molecule has 0 bridgehead atoms. The Labute approximate surface area is 205 Å². The van der Waals surface area contributed by atoms with E-state index in [1.165, 1.54) is 7.11 Å². The van der Waals surface area contributed by atoms with Crippen molar-refractivity contribution in [3.63, 3.8) is 0 Å². The summed E-state index contributed by atoms with van der Waals surface area (Å²) in [6.45, 7) is 8.92. The number of nitrogens with zero attached hydrogens (tertiary/aromatic N) is 1. The van der Waals surface area contributed by atoms with Gasteiger partial charge in [0.25, 0.3) is 5.91 Å². The second kappa shape index (κ2) is 9.77. The number of hydrogen-bond acceptors (Lipinski definition) is 5. The lowest BCUT2D eigenvalue weighted by molar-refractivity contribution is -0.135. The van der Waals surface area contributed by atoms with E-state index in [4.69, 9.17) is 4.74 Å². The minimum absolute atomic E-state index is 0.0523. The quantitative estimate of drug-likeness (QED) is 0.527. The molecule has 3 N–H and O–H groups in total. The second-order valence-electron chi connectivity index (χ2n) is 9.80. The highest BCUT2D eigenvalue weighted by Crippen LogP contribution is 2.31. The van der Waals surface area contributed by atoms with E-state index in [1.54, 1.807) is 19.1 Å². The van der Waals surface area contributed by atoms with E-state index < -0.39 is 35.8 Å². The maximum atomic E-state index is 13.1. The van der Waals surface area contributed by atoms with Crippen molar-refractivity contribution >= 4 is 29.4 Å². The van der Waals surface area contributed by atoms with Gasteiger partial charge in [-0.15, -0.1) is 0 Å². The first-order valence-corrected chi connectivity index (χ1v) is 11.3. The minimum Gasteiger partial charge on any atom is -0.495 e. The zero-order valence-electron chi connectivity index (χ0n) is 20.9. The molecule has 1 atom stereocenters. The van der Waals surface area contributed by atoms with Crippen LogP contribution in [0.4, 0.5) is 10.5 Å². The molecule has 186 valence electrons. The predicted octanol–water partition coefficient (Wildman–Crippen LogP) is 2.82. The number of nitrogens with one attached hydrogen (secondary N) is 3. The van der Waals surface area contributed by atoms with Crippen LogP contribution in [-0.2, 0) is 25.3 Å². The number of imide groups is 1. The third kappa shape index (κ3) is 5.62. The van der Waals surface area contributed by atoms with Gasteiger partial charge in [0.2, 0.25) is 11.8 Å². The van der Waals surface area contributed by atoms with E-state index in [0.717, 1.165) is 16.0 Å². The van der Waals surface area contributed by atoms with Crippen LogP contribution < -0.4 is 20.7 Å². The number of benzene rings is 2. The summed E-state index contributed by atoms with van der Waals surface area (Å²) >= 11 is 0. The first-order chi connectivity index (χ1) is 16.3. The summed E-state index contributed by atoms with van der Waals surface area (Å²) in [6.07, 6.45) is 0. The lowest BCUT2D eigenvalue weighted by Gasteiger charge is -2.24. The summed E-state index contributed by atoms with van der Waals surface area (Å²) in [6, 6.07) is 12.1. The van der Waals surface area contributed by atoms with Crippen molar-refractivity contribution in [2.24, 2.45) is 0 Å². The number of rotatable bonds is 7. The molecule has 1 unspecified atom stereocenters. The summed E-state index contributed by atoms with van der Waals surface area (Å²) in [5, 5.41) is 7.82. The van der Waals surface area contributed by atoms with Crippen LogP contribution in [0.15, 0.2) is 42.5 Å². The highest BCUT2D eigenvalue weighted by Gasteiger charge is 2.49. The molecule has 1 heterocycles. The fraction of sp³-hybridized carbons (Fsp3) is 0.385. The number of amides is 5. The SMILES string of the molecule is COc1ccc(C)cc1NC(=O)CNC(=O)CN1C(=O)NC(C)(c2ccc(C(C)(C)C)cc2)C1=O. The fourth-order valence-corrected chi connectivity index (χ4v) is 3.83. The molecule has 35 heavy (non-hydrogen) atoms. The van der Waals surface area contributed by atoms with Crippen LogP contribution in [0.1, 0.15) is 44.4 Å².